The van der Waals surface area contributed by atoms with Gasteiger partial charge in [-0.2, -0.15) is 0 Å². The quantitative estimate of drug-likeness (QED) is 0.159. The van der Waals surface area contributed by atoms with Gasteiger partial charge in [0.05, 0.1) is 40.2 Å². The maximum Gasteiger partial charge on any atom is 0.343 e. The van der Waals surface area contributed by atoms with Crippen molar-refractivity contribution in [2.45, 2.75) is 71.3 Å². The summed E-state index contributed by atoms with van der Waals surface area (Å²) in [4.78, 5) is 26.8. The molecular formula is C35H44N2O6Si. The lowest BCUT2D eigenvalue weighted by molar-refractivity contribution is 0.0598. The Balaban J connectivity index is 1.69. The molecule has 0 amide bonds. The van der Waals surface area contributed by atoms with Gasteiger partial charge in [-0.3, -0.25) is 4.79 Å². The predicted molar refractivity (Wildman–Crippen MR) is 177 cm³/mol. The molecule has 1 aliphatic rings. The summed E-state index contributed by atoms with van der Waals surface area (Å²) < 4.78 is 26.6. The first-order chi connectivity index (χ1) is 20.8. The molecule has 9 heteroatoms. The van der Waals surface area contributed by atoms with E-state index in [4.69, 9.17) is 18.6 Å². The molecule has 0 atom stereocenters. The van der Waals surface area contributed by atoms with E-state index in [1.807, 2.05) is 12.1 Å². The highest BCUT2D eigenvalue weighted by Crippen LogP contribution is 2.39. The molecule has 0 aliphatic heterocycles. The zero-order valence-corrected chi connectivity index (χ0v) is 28.4. The van der Waals surface area contributed by atoms with E-state index in [1.165, 1.54) is 12.7 Å². The number of hydrogen-bond acceptors (Lipinski definition) is 6. The molecule has 0 unspecified atom stereocenters. The number of aryl methyl sites for hydroxylation is 3. The number of rotatable bonds is 8. The number of carbonyl (C=O) groups excluding carboxylic acids is 1. The summed E-state index contributed by atoms with van der Waals surface area (Å²) >= 11 is 0. The molecule has 0 spiro atoms. The number of carbonyl (C=O) groups is 1. The third kappa shape index (κ3) is 5.70. The van der Waals surface area contributed by atoms with Crippen LogP contribution in [0.15, 0.2) is 47.3 Å². The summed E-state index contributed by atoms with van der Waals surface area (Å²) in [6, 6.07) is 13.9. The Kier molecular flexibility index (Phi) is 8.57. The first-order valence-electron chi connectivity index (χ1n) is 15.1. The fourth-order valence-electron chi connectivity index (χ4n) is 5.78. The lowest BCUT2D eigenvalue weighted by Crippen LogP contribution is -2.40. The molecule has 2 aromatic heterocycles. The van der Waals surface area contributed by atoms with E-state index in [1.54, 1.807) is 30.9 Å². The maximum absolute atomic E-state index is 14.1. The Labute approximate surface area is 260 Å². The molecule has 0 bridgehead atoms. The number of hydrogen-bond donors (Lipinski definition) is 0. The van der Waals surface area contributed by atoms with Crippen molar-refractivity contribution < 1.29 is 23.4 Å². The van der Waals surface area contributed by atoms with Gasteiger partial charge in [-0.15, -0.1) is 0 Å². The molecule has 0 radical (unpaired) electrons. The Morgan fingerprint density at radius 1 is 0.955 bits per heavy atom. The highest BCUT2D eigenvalue weighted by molar-refractivity contribution is 6.74. The van der Waals surface area contributed by atoms with Gasteiger partial charge < -0.3 is 27.8 Å². The summed E-state index contributed by atoms with van der Waals surface area (Å²) in [5, 5.41) is 1.21. The van der Waals surface area contributed by atoms with Crippen molar-refractivity contribution in [3.05, 3.63) is 80.8 Å². The minimum absolute atomic E-state index is 0.0352. The molecule has 234 valence electrons. The van der Waals surface area contributed by atoms with Gasteiger partial charge in [0.2, 0.25) is 0 Å². The van der Waals surface area contributed by atoms with Crippen LogP contribution < -0.4 is 15.0 Å². The third-order valence-electron chi connectivity index (χ3n) is 9.50. The van der Waals surface area contributed by atoms with E-state index >= 15 is 0 Å². The molecule has 2 heterocycles. The lowest BCUT2D eigenvalue weighted by atomic mass is 9.97. The molecule has 1 aliphatic carbocycles. The van der Waals surface area contributed by atoms with Crippen LogP contribution in [0.25, 0.3) is 22.2 Å². The van der Waals surface area contributed by atoms with Gasteiger partial charge in [0, 0.05) is 40.8 Å². The predicted octanol–water partition coefficient (Wildman–Crippen LogP) is 6.87. The largest absolute Gasteiger partial charge is 0.497 e. The maximum atomic E-state index is 14.1. The van der Waals surface area contributed by atoms with E-state index in [9.17, 15) is 9.59 Å². The smallest absolute Gasteiger partial charge is 0.343 e. The zero-order chi connectivity index (χ0) is 32.0. The van der Waals surface area contributed by atoms with Crippen molar-refractivity contribution in [1.82, 2.24) is 9.13 Å². The first-order valence-corrected chi connectivity index (χ1v) is 18.0. The molecule has 0 saturated heterocycles. The monoisotopic (exact) mass is 616 g/mol. The van der Waals surface area contributed by atoms with Crippen LogP contribution in [0.3, 0.4) is 0 Å². The average Bonchev–Trinajstić information content (AvgIpc) is 3.18. The van der Waals surface area contributed by atoms with Gasteiger partial charge in [0.1, 0.15) is 17.1 Å². The Hall–Kier alpha value is -3.82. The topological polar surface area (TPSA) is 80.9 Å². The number of pyridine rings is 1. The van der Waals surface area contributed by atoms with E-state index in [-0.39, 0.29) is 17.1 Å². The van der Waals surface area contributed by atoms with Gasteiger partial charge >= 0.3 is 5.97 Å². The minimum atomic E-state index is -1.93. The number of methoxy groups -OCH3 is 3. The SMILES string of the molecule is COC(=O)c1cc2c(n(Cc3ccc(OC)cc3OC)c1=O)-c1cc3cc(CO[Si](C)(C)C(C)(C)C)n(C)c3cc1CCC2. The summed E-state index contributed by atoms with van der Waals surface area (Å²) in [6.07, 6.45) is 2.48. The van der Waals surface area contributed by atoms with Crippen molar-refractivity contribution in [3.63, 3.8) is 0 Å². The molecule has 0 N–H and O–H groups in total. The Morgan fingerprint density at radius 3 is 2.34 bits per heavy atom. The van der Waals surface area contributed by atoms with Crippen molar-refractivity contribution in [2.24, 2.45) is 7.05 Å². The van der Waals surface area contributed by atoms with Crippen LogP contribution >= 0.6 is 0 Å². The molecule has 44 heavy (non-hydrogen) atoms. The molecule has 4 aromatic rings. The number of nitrogens with zero attached hydrogens (tertiary/aromatic N) is 2. The van der Waals surface area contributed by atoms with Crippen LogP contribution in [0.5, 0.6) is 11.5 Å². The number of esters is 1. The summed E-state index contributed by atoms with van der Waals surface area (Å²) in [5.74, 6) is 0.625. The van der Waals surface area contributed by atoms with Crippen LogP contribution in [0.1, 0.15) is 59.9 Å². The molecule has 8 nitrogen and oxygen atoms in total. The Bertz CT molecular complexity index is 1790. The second-order valence-corrected chi connectivity index (χ2v) is 18.0. The van der Waals surface area contributed by atoms with Crippen LogP contribution in [-0.4, -0.2) is 44.8 Å². The first kappa shape index (κ1) is 31.6. The number of ether oxygens (including phenoxy) is 3. The van der Waals surface area contributed by atoms with E-state index in [0.717, 1.165) is 58.2 Å². The van der Waals surface area contributed by atoms with Crippen molar-refractivity contribution in [2.75, 3.05) is 21.3 Å². The second kappa shape index (κ2) is 11.9. The average molecular weight is 617 g/mol. The molecule has 5 rings (SSSR count). The standard InChI is InChI=1S/C35H44N2O6Si/c1-35(2,3)44(8,9)43-21-26-15-25-17-28-22(18-30(25)36(26)4)11-10-12-23-16-29(34(39)42-7)33(38)37(32(23)28)20-24-13-14-27(40-5)19-31(24)41-6/h13-19H,10-12,20-21H2,1-9H3. The van der Waals surface area contributed by atoms with Gasteiger partial charge in [-0.1, -0.05) is 20.8 Å². The fraction of sp³-hybridized carbons (Fsp3) is 0.429. The van der Waals surface area contributed by atoms with E-state index in [0.29, 0.717) is 18.1 Å². The highest BCUT2D eigenvalue weighted by atomic mass is 28.4. The van der Waals surface area contributed by atoms with Crippen LogP contribution in [-0.2, 0) is 42.2 Å². The molecule has 0 fully saturated rings. The van der Waals surface area contributed by atoms with Gasteiger partial charge in [-0.25, -0.2) is 4.79 Å². The lowest BCUT2D eigenvalue weighted by Gasteiger charge is -2.36. The van der Waals surface area contributed by atoms with Gasteiger partial charge in [0.25, 0.3) is 5.56 Å². The summed E-state index contributed by atoms with van der Waals surface area (Å²) in [7, 11) is 4.67. The van der Waals surface area contributed by atoms with E-state index in [2.05, 4.69) is 63.7 Å². The molecular weight excluding hydrogens is 572 g/mol. The number of aromatic nitrogens is 2. The van der Waals surface area contributed by atoms with Crippen molar-refractivity contribution >= 4 is 25.2 Å². The van der Waals surface area contributed by atoms with Crippen LogP contribution in [0.4, 0.5) is 0 Å². The Morgan fingerprint density at radius 2 is 1.68 bits per heavy atom. The van der Waals surface area contributed by atoms with Gasteiger partial charge in [-0.05, 0) is 84.9 Å². The highest BCUT2D eigenvalue weighted by Gasteiger charge is 2.37. The second-order valence-electron chi connectivity index (χ2n) is 13.2. The number of fused-ring (bicyclic) bond motifs is 4. The normalized spacial score (nSPS) is 13.3. The summed E-state index contributed by atoms with van der Waals surface area (Å²) in [6.45, 7) is 12.1. The van der Waals surface area contributed by atoms with E-state index < -0.39 is 19.8 Å². The van der Waals surface area contributed by atoms with Crippen molar-refractivity contribution in [3.8, 4) is 22.8 Å². The zero-order valence-electron chi connectivity index (χ0n) is 27.4. The molecule has 2 aromatic carbocycles. The number of benzene rings is 2. The minimum Gasteiger partial charge on any atom is -0.497 e. The van der Waals surface area contributed by atoms with Crippen LogP contribution in [0, 0.1) is 0 Å². The van der Waals surface area contributed by atoms with Crippen molar-refractivity contribution in [1.29, 1.82) is 0 Å². The van der Waals surface area contributed by atoms with Crippen LogP contribution in [0.2, 0.25) is 18.1 Å². The third-order valence-corrected chi connectivity index (χ3v) is 14.0. The summed E-state index contributed by atoms with van der Waals surface area (Å²) in [5.41, 5.74) is 6.67. The van der Waals surface area contributed by atoms with Gasteiger partial charge in [0.15, 0.2) is 8.32 Å². The fourth-order valence-corrected chi connectivity index (χ4v) is 6.73. The molecule has 0 saturated carbocycles.